The van der Waals surface area contributed by atoms with Crippen LogP contribution in [0, 0.1) is 0 Å². The van der Waals surface area contributed by atoms with E-state index in [1.807, 2.05) is 17.4 Å². The molecule has 0 radical (unpaired) electrons. The molecule has 1 heterocycles. The number of carbonyl (C=O) groups is 3. The van der Waals surface area contributed by atoms with E-state index in [9.17, 15) is 14.4 Å². The molecule has 1 aromatic rings. The van der Waals surface area contributed by atoms with Crippen molar-refractivity contribution in [2.24, 2.45) is 0 Å². The van der Waals surface area contributed by atoms with Gasteiger partial charge in [0.25, 0.3) is 5.91 Å². The van der Waals surface area contributed by atoms with Gasteiger partial charge in [-0.05, 0) is 34.5 Å². The molecular formula is C11H11BrN2O4S. The van der Waals surface area contributed by atoms with Gasteiger partial charge in [-0.15, -0.1) is 11.3 Å². The quantitative estimate of drug-likeness (QED) is 0.704. The van der Waals surface area contributed by atoms with Crippen molar-refractivity contribution in [1.29, 1.82) is 0 Å². The van der Waals surface area contributed by atoms with Crippen molar-refractivity contribution >= 4 is 45.2 Å². The first-order chi connectivity index (χ1) is 8.97. The average molecular weight is 347 g/mol. The highest BCUT2D eigenvalue weighted by molar-refractivity contribution is 9.11. The van der Waals surface area contributed by atoms with Gasteiger partial charge in [0.1, 0.15) is 0 Å². The molecule has 19 heavy (non-hydrogen) atoms. The Hall–Kier alpha value is -1.67. The second kappa shape index (κ2) is 7.70. The number of carboxylic acid groups (broad SMARTS) is 1. The molecule has 0 bridgehead atoms. The Balaban J connectivity index is 2.24. The summed E-state index contributed by atoms with van der Waals surface area (Å²) >= 11 is 4.90. The summed E-state index contributed by atoms with van der Waals surface area (Å²) in [5.74, 6) is -2.03. The second-order valence-corrected chi connectivity index (χ2v) is 5.92. The molecule has 1 rings (SSSR count). The van der Waals surface area contributed by atoms with Gasteiger partial charge in [-0.1, -0.05) is 0 Å². The monoisotopic (exact) mass is 346 g/mol. The zero-order valence-electron chi connectivity index (χ0n) is 9.68. The molecule has 102 valence electrons. The number of aliphatic carboxylic acids is 1. The molecule has 0 aliphatic carbocycles. The van der Waals surface area contributed by atoms with Crippen LogP contribution < -0.4 is 10.6 Å². The molecule has 0 spiro atoms. The third kappa shape index (κ3) is 6.73. The van der Waals surface area contributed by atoms with Crippen LogP contribution in [-0.2, 0) is 16.0 Å². The lowest BCUT2D eigenvalue weighted by molar-refractivity contribution is -0.131. The number of imide groups is 1. The van der Waals surface area contributed by atoms with E-state index < -0.39 is 17.9 Å². The summed E-state index contributed by atoms with van der Waals surface area (Å²) in [6, 6.07) is 3.20. The maximum absolute atomic E-state index is 11.3. The summed E-state index contributed by atoms with van der Waals surface area (Å²) in [7, 11) is 0. The molecule has 0 atom stereocenters. The number of hydrogen-bond acceptors (Lipinski definition) is 4. The molecule has 0 fully saturated rings. The Morgan fingerprint density at radius 2 is 2.05 bits per heavy atom. The van der Waals surface area contributed by atoms with Gasteiger partial charge in [-0.2, -0.15) is 0 Å². The number of urea groups is 1. The first-order valence-electron chi connectivity index (χ1n) is 5.21. The molecule has 6 nitrogen and oxygen atoms in total. The van der Waals surface area contributed by atoms with Crippen LogP contribution in [0.15, 0.2) is 28.1 Å². The number of hydrogen-bond donors (Lipinski definition) is 3. The number of nitrogens with one attached hydrogen (secondary N) is 2. The average Bonchev–Trinajstić information content (AvgIpc) is 2.72. The molecule has 0 aliphatic heterocycles. The van der Waals surface area contributed by atoms with Crippen LogP contribution >= 0.6 is 27.3 Å². The lowest BCUT2D eigenvalue weighted by atomic mass is 10.3. The SMILES string of the molecule is O=C(O)/C=C/C(=O)NC(=O)NCCc1ccc(Br)s1. The van der Waals surface area contributed by atoms with E-state index in [2.05, 4.69) is 21.2 Å². The Kier molecular flexibility index (Phi) is 6.23. The summed E-state index contributed by atoms with van der Waals surface area (Å²) in [6.07, 6.45) is 2.09. The third-order valence-corrected chi connectivity index (χ3v) is 3.58. The molecule has 1 aromatic heterocycles. The van der Waals surface area contributed by atoms with Crippen molar-refractivity contribution in [2.45, 2.75) is 6.42 Å². The van der Waals surface area contributed by atoms with Crippen molar-refractivity contribution in [2.75, 3.05) is 6.54 Å². The van der Waals surface area contributed by atoms with E-state index in [0.717, 1.165) is 14.7 Å². The molecule has 3 amide bonds. The topological polar surface area (TPSA) is 95.5 Å². The smallest absolute Gasteiger partial charge is 0.328 e. The lowest BCUT2D eigenvalue weighted by Gasteiger charge is -2.03. The molecule has 0 saturated carbocycles. The van der Waals surface area contributed by atoms with Crippen LogP contribution in [0.1, 0.15) is 4.88 Å². The highest BCUT2D eigenvalue weighted by Crippen LogP contribution is 2.21. The molecular weight excluding hydrogens is 336 g/mol. The number of carboxylic acids is 1. The third-order valence-electron chi connectivity index (χ3n) is 1.90. The van der Waals surface area contributed by atoms with Crippen LogP contribution in [0.4, 0.5) is 4.79 Å². The highest BCUT2D eigenvalue weighted by atomic mass is 79.9. The minimum absolute atomic E-state index is 0.384. The first-order valence-corrected chi connectivity index (χ1v) is 6.82. The van der Waals surface area contributed by atoms with E-state index in [1.165, 1.54) is 0 Å². The lowest BCUT2D eigenvalue weighted by Crippen LogP contribution is -2.39. The van der Waals surface area contributed by atoms with Crippen molar-refractivity contribution < 1.29 is 19.5 Å². The fourth-order valence-corrected chi connectivity index (χ4v) is 2.61. The Morgan fingerprint density at radius 3 is 2.63 bits per heavy atom. The van der Waals surface area contributed by atoms with Crippen LogP contribution in [-0.4, -0.2) is 29.6 Å². The number of carbonyl (C=O) groups excluding carboxylic acids is 2. The van der Waals surface area contributed by atoms with Gasteiger partial charge in [0.15, 0.2) is 0 Å². The first kappa shape index (κ1) is 15.4. The highest BCUT2D eigenvalue weighted by Gasteiger charge is 2.05. The second-order valence-electron chi connectivity index (χ2n) is 3.37. The summed E-state index contributed by atoms with van der Waals surface area (Å²) in [6.45, 7) is 0.384. The number of rotatable bonds is 5. The Bertz CT molecular complexity index is 513. The number of halogens is 1. The standard InChI is InChI=1S/C11H11BrN2O4S/c12-8-2-1-7(19-8)5-6-13-11(18)14-9(15)3-4-10(16)17/h1-4H,5-6H2,(H,16,17)(H2,13,14,15,18)/b4-3+. The Labute approximate surface area is 121 Å². The Morgan fingerprint density at radius 1 is 1.32 bits per heavy atom. The van der Waals surface area contributed by atoms with Crippen LogP contribution in [0.3, 0.4) is 0 Å². The fourth-order valence-electron chi connectivity index (χ4n) is 1.13. The minimum atomic E-state index is -1.25. The predicted molar refractivity (Wildman–Crippen MR) is 74.0 cm³/mol. The molecule has 0 unspecified atom stereocenters. The van der Waals surface area contributed by atoms with Gasteiger partial charge >= 0.3 is 12.0 Å². The summed E-state index contributed by atoms with van der Waals surface area (Å²) in [5.41, 5.74) is 0. The summed E-state index contributed by atoms with van der Waals surface area (Å²) < 4.78 is 1.01. The van der Waals surface area contributed by atoms with Crippen molar-refractivity contribution in [3.05, 3.63) is 32.9 Å². The molecule has 3 N–H and O–H groups in total. The number of amides is 3. The van der Waals surface area contributed by atoms with Gasteiger partial charge in [-0.3, -0.25) is 10.1 Å². The zero-order chi connectivity index (χ0) is 14.3. The summed E-state index contributed by atoms with van der Waals surface area (Å²) in [4.78, 5) is 33.6. The van der Waals surface area contributed by atoms with Crippen LogP contribution in [0.25, 0.3) is 0 Å². The van der Waals surface area contributed by atoms with Crippen molar-refractivity contribution in [1.82, 2.24) is 10.6 Å². The van der Waals surface area contributed by atoms with E-state index >= 15 is 0 Å². The molecule has 0 saturated heterocycles. The van der Waals surface area contributed by atoms with Crippen molar-refractivity contribution in [3.63, 3.8) is 0 Å². The van der Waals surface area contributed by atoms with Crippen LogP contribution in [0.2, 0.25) is 0 Å². The van der Waals surface area contributed by atoms with Gasteiger partial charge in [0.05, 0.1) is 3.79 Å². The van der Waals surface area contributed by atoms with Gasteiger partial charge < -0.3 is 10.4 Å². The van der Waals surface area contributed by atoms with Gasteiger partial charge in [-0.25, -0.2) is 9.59 Å². The largest absolute Gasteiger partial charge is 0.478 e. The normalized spacial score (nSPS) is 10.4. The van der Waals surface area contributed by atoms with E-state index in [4.69, 9.17) is 5.11 Å². The van der Waals surface area contributed by atoms with E-state index in [0.29, 0.717) is 19.0 Å². The summed E-state index contributed by atoms with van der Waals surface area (Å²) in [5, 5.41) is 12.8. The van der Waals surface area contributed by atoms with E-state index in [1.54, 1.807) is 11.3 Å². The number of thiophene rings is 1. The van der Waals surface area contributed by atoms with Gasteiger partial charge in [0.2, 0.25) is 0 Å². The fraction of sp³-hybridized carbons (Fsp3) is 0.182. The zero-order valence-corrected chi connectivity index (χ0v) is 12.1. The van der Waals surface area contributed by atoms with Crippen molar-refractivity contribution in [3.8, 4) is 0 Å². The van der Waals surface area contributed by atoms with E-state index in [-0.39, 0.29) is 0 Å². The minimum Gasteiger partial charge on any atom is -0.478 e. The maximum Gasteiger partial charge on any atom is 0.328 e. The predicted octanol–water partition coefficient (Wildman–Crippen LogP) is 1.52. The molecule has 0 aliphatic rings. The van der Waals surface area contributed by atoms with Crippen LogP contribution in [0.5, 0.6) is 0 Å². The maximum atomic E-state index is 11.3. The molecule has 8 heteroatoms. The molecule has 0 aromatic carbocycles. The van der Waals surface area contributed by atoms with Gasteiger partial charge in [0, 0.05) is 23.6 Å².